The predicted molar refractivity (Wildman–Crippen MR) is 72.8 cm³/mol. The SMILES string of the molecule is CCC(C)(C(=O)N(C)C1CCCCC1O)C(N)=NO. The Balaban J connectivity index is 2.91. The number of nitrogens with two attached hydrogens (primary N) is 1. The third-order valence-corrected chi connectivity index (χ3v) is 4.36. The third kappa shape index (κ3) is 3.00. The Morgan fingerprint density at radius 3 is 2.53 bits per heavy atom. The van der Waals surface area contributed by atoms with Crippen LogP contribution in [0.15, 0.2) is 5.16 Å². The zero-order valence-electron chi connectivity index (χ0n) is 12.0. The summed E-state index contributed by atoms with van der Waals surface area (Å²) in [4.78, 5) is 14.1. The fourth-order valence-corrected chi connectivity index (χ4v) is 2.64. The lowest BCUT2D eigenvalue weighted by molar-refractivity contribution is -0.142. The first-order valence-electron chi connectivity index (χ1n) is 6.81. The molecule has 3 atom stereocenters. The maximum atomic E-state index is 12.6. The van der Waals surface area contributed by atoms with E-state index in [0.717, 1.165) is 19.3 Å². The Kier molecular flexibility index (Phi) is 5.17. The van der Waals surface area contributed by atoms with E-state index in [-0.39, 0.29) is 17.8 Å². The minimum atomic E-state index is -1.03. The lowest BCUT2D eigenvalue weighted by Gasteiger charge is -2.39. The molecule has 0 bridgehead atoms. The summed E-state index contributed by atoms with van der Waals surface area (Å²) in [5.41, 5.74) is 4.63. The monoisotopic (exact) mass is 271 g/mol. The number of aliphatic hydroxyl groups is 1. The highest BCUT2D eigenvalue weighted by atomic mass is 16.4. The van der Waals surface area contributed by atoms with Crippen LogP contribution in [0.2, 0.25) is 0 Å². The van der Waals surface area contributed by atoms with Crippen LogP contribution in [0.1, 0.15) is 46.0 Å². The van der Waals surface area contributed by atoms with Crippen molar-refractivity contribution in [1.29, 1.82) is 0 Å². The van der Waals surface area contributed by atoms with Gasteiger partial charge in [0.15, 0.2) is 5.84 Å². The van der Waals surface area contributed by atoms with Gasteiger partial charge in [0.2, 0.25) is 5.91 Å². The van der Waals surface area contributed by atoms with E-state index in [0.29, 0.717) is 12.8 Å². The van der Waals surface area contributed by atoms with Crippen molar-refractivity contribution >= 4 is 11.7 Å². The maximum absolute atomic E-state index is 12.6. The number of hydrogen-bond donors (Lipinski definition) is 3. The lowest BCUT2D eigenvalue weighted by Crippen LogP contribution is -2.54. The molecular formula is C13H25N3O3. The van der Waals surface area contributed by atoms with Gasteiger partial charge in [-0.15, -0.1) is 0 Å². The Morgan fingerprint density at radius 1 is 1.47 bits per heavy atom. The molecule has 4 N–H and O–H groups in total. The second-order valence-electron chi connectivity index (χ2n) is 5.51. The number of amidine groups is 1. The number of likely N-dealkylation sites (N-methyl/N-ethyl adjacent to an activating group) is 1. The molecule has 0 spiro atoms. The van der Waals surface area contributed by atoms with E-state index in [4.69, 9.17) is 10.9 Å². The van der Waals surface area contributed by atoms with Gasteiger partial charge in [-0.05, 0) is 26.2 Å². The highest BCUT2D eigenvalue weighted by molar-refractivity contribution is 6.06. The van der Waals surface area contributed by atoms with Crippen LogP contribution in [0.4, 0.5) is 0 Å². The summed E-state index contributed by atoms with van der Waals surface area (Å²) in [6.45, 7) is 3.48. The van der Waals surface area contributed by atoms with Crippen LogP contribution in [0.25, 0.3) is 0 Å². The van der Waals surface area contributed by atoms with Crippen LogP contribution in [-0.4, -0.2) is 46.1 Å². The fourth-order valence-electron chi connectivity index (χ4n) is 2.64. The number of aliphatic hydroxyl groups excluding tert-OH is 1. The molecule has 1 amide bonds. The van der Waals surface area contributed by atoms with E-state index in [9.17, 15) is 9.90 Å². The molecular weight excluding hydrogens is 246 g/mol. The normalized spacial score (nSPS) is 27.7. The van der Waals surface area contributed by atoms with Gasteiger partial charge < -0.3 is 20.9 Å². The van der Waals surface area contributed by atoms with E-state index in [2.05, 4.69) is 5.16 Å². The van der Waals surface area contributed by atoms with Crippen molar-refractivity contribution < 1.29 is 15.1 Å². The molecule has 0 heterocycles. The van der Waals surface area contributed by atoms with E-state index in [1.165, 1.54) is 0 Å². The van der Waals surface area contributed by atoms with E-state index in [1.54, 1.807) is 18.9 Å². The molecule has 1 saturated carbocycles. The predicted octanol–water partition coefficient (Wildman–Crippen LogP) is 0.911. The van der Waals surface area contributed by atoms with Crippen molar-refractivity contribution in [2.45, 2.75) is 58.1 Å². The molecule has 0 aromatic heterocycles. The minimum Gasteiger partial charge on any atom is -0.409 e. The summed E-state index contributed by atoms with van der Waals surface area (Å²) in [5, 5.41) is 21.8. The summed E-state index contributed by atoms with van der Waals surface area (Å²) < 4.78 is 0. The topological polar surface area (TPSA) is 99.2 Å². The number of hydrogen-bond acceptors (Lipinski definition) is 4. The Morgan fingerprint density at radius 2 is 2.05 bits per heavy atom. The van der Waals surface area contributed by atoms with Crippen molar-refractivity contribution in [3.63, 3.8) is 0 Å². The molecule has 3 unspecified atom stereocenters. The second kappa shape index (κ2) is 6.23. The molecule has 0 radical (unpaired) electrons. The van der Waals surface area contributed by atoms with Crippen LogP contribution in [-0.2, 0) is 4.79 Å². The molecule has 6 heteroatoms. The quantitative estimate of drug-likeness (QED) is 0.306. The second-order valence-corrected chi connectivity index (χ2v) is 5.51. The molecule has 0 saturated heterocycles. The van der Waals surface area contributed by atoms with Gasteiger partial charge in [0, 0.05) is 7.05 Å². The molecule has 1 aliphatic carbocycles. The van der Waals surface area contributed by atoms with Crippen molar-refractivity contribution in [3.05, 3.63) is 0 Å². The summed E-state index contributed by atoms with van der Waals surface area (Å²) in [6, 6.07) is -0.182. The molecule has 1 rings (SSSR count). The molecule has 1 fully saturated rings. The number of oxime groups is 1. The van der Waals surface area contributed by atoms with Crippen LogP contribution in [0.3, 0.4) is 0 Å². The van der Waals surface area contributed by atoms with Gasteiger partial charge in [-0.3, -0.25) is 4.79 Å². The third-order valence-electron chi connectivity index (χ3n) is 4.36. The van der Waals surface area contributed by atoms with Gasteiger partial charge in [0.05, 0.1) is 12.1 Å². The van der Waals surface area contributed by atoms with E-state index < -0.39 is 11.5 Å². The van der Waals surface area contributed by atoms with Crippen molar-refractivity contribution in [1.82, 2.24) is 4.90 Å². The Bertz CT molecular complexity index is 359. The highest BCUT2D eigenvalue weighted by Crippen LogP contribution is 2.29. The van der Waals surface area contributed by atoms with E-state index in [1.807, 2.05) is 6.92 Å². The molecule has 110 valence electrons. The minimum absolute atomic E-state index is 0.0860. The van der Waals surface area contributed by atoms with Crippen LogP contribution in [0.5, 0.6) is 0 Å². The van der Waals surface area contributed by atoms with Gasteiger partial charge in [0.1, 0.15) is 5.41 Å². The first-order chi connectivity index (χ1) is 8.88. The molecule has 6 nitrogen and oxygen atoms in total. The molecule has 1 aliphatic rings. The average molecular weight is 271 g/mol. The van der Waals surface area contributed by atoms with Crippen LogP contribution >= 0.6 is 0 Å². The number of nitrogens with zero attached hydrogens (tertiary/aromatic N) is 2. The Labute approximate surface area is 114 Å². The summed E-state index contributed by atoms with van der Waals surface area (Å²) in [6.07, 6.45) is 3.45. The first-order valence-corrected chi connectivity index (χ1v) is 6.81. The van der Waals surface area contributed by atoms with Crippen LogP contribution in [0, 0.1) is 5.41 Å². The molecule has 0 aromatic carbocycles. The van der Waals surface area contributed by atoms with Gasteiger partial charge in [-0.2, -0.15) is 0 Å². The number of amides is 1. The number of rotatable bonds is 4. The smallest absolute Gasteiger partial charge is 0.236 e. The highest BCUT2D eigenvalue weighted by Gasteiger charge is 2.41. The van der Waals surface area contributed by atoms with Crippen molar-refractivity contribution in [2.75, 3.05) is 7.05 Å². The average Bonchev–Trinajstić information content (AvgIpc) is 2.44. The van der Waals surface area contributed by atoms with Crippen LogP contribution < -0.4 is 5.73 Å². The zero-order valence-corrected chi connectivity index (χ0v) is 12.0. The zero-order chi connectivity index (χ0) is 14.6. The first kappa shape index (κ1) is 15.8. The fraction of sp³-hybridized carbons (Fsp3) is 0.846. The largest absolute Gasteiger partial charge is 0.409 e. The summed E-state index contributed by atoms with van der Waals surface area (Å²) in [5.74, 6) is -0.298. The van der Waals surface area contributed by atoms with Gasteiger partial charge in [-0.25, -0.2) is 0 Å². The number of carbonyl (C=O) groups excluding carboxylic acids is 1. The molecule has 0 aliphatic heterocycles. The Hall–Kier alpha value is -1.30. The standard InChI is InChI=1S/C13H25N3O3/c1-4-13(2,11(14)15-19)12(18)16(3)9-7-5-6-8-10(9)17/h9-10,17,19H,4-8H2,1-3H3,(H2,14,15). The summed E-state index contributed by atoms with van der Waals surface area (Å²) >= 11 is 0. The number of carbonyl (C=O) groups is 1. The summed E-state index contributed by atoms with van der Waals surface area (Å²) in [7, 11) is 1.68. The van der Waals surface area contributed by atoms with Gasteiger partial charge >= 0.3 is 0 Å². The molecule has 0 aromatic rings. The van der Waals surface area contributed by atoms with Gasteiger partial charge in [-0.1, -0.05) is 24.9 Å². The van der Waals surface area contributed by atoms with E-state index >= 15 is 0 Å². The van der Waals surface area contributed by atoms with Crippen molar-refractivity contribution in [3.8, 4) is 0 Å². The van der Waals surface area contributed by atoms with Gasteiger partial charge in [0.25, 0.3) is 0 Å². The lowest BCUT2D eigenvalue weighted by atomic mass is 9.83. The molecule has 19 heavy (non-hydrogen) atoms. The van der Waals surface area contributed by atoms with Crippen molar-refractivity contribution in [2.24, 2.45) is 16.3 Å². The maximum Gasteiger partial charge on any atom is 0.236 e.